The van der Waals surface area contributed by atoms with Crippen LogP contribution in [0.1, 0.15) is 36.1 Å². The number of phenols is 1. The number of β-lactam (4-membered cyclic amide) rings is 1. The predicted octanol–water partition coefficient (Wildman–Crippen LogP) is 5.66. The molecule has 1 amide bonds. The molecular formula is C30H26FNO6S. The second kappa shape index (κ2) is 10.6. The van der Waals surface area contributed by atoms with Gasteiger partial charge in [0.2, 0.25) is 5.91 Å². The third kappa shape index (κ3) is 5.29. The van der Waals surface area contributed by atoms with Crippen molar-refractivity contribution in [2.45, 2.75) is 29.9 Å². The van der Waals surface area contributed by atoms with E-state index in [0.29, 0.717) is 22.4 Å². The molecule has 0 spiro atoms. The molecule has 1 saturated heterocycles. The van der Waals surface area contributed by atoms with Gasteiger partial charge in [-0.1, -0.05) is 60.7 Å². The van der Waals surface area contributed by atoms with Crippen LogP contribution in [-0.2, 0) is 14.9 Å². The number of halogens is 1. The Labute approximate surface area is 225 Å². The minimum Gasteiger partial charge on any atom is -0.508 e. The van der Waals surface area contributed by atoms with E-state index in [2.05, 4.69) is 0 Å². The van der Waals surface area contributed by atoms with Crippen LogP contribution >= 0.6 is 0 Å². The summed E-state index contributed by atoms with van der Waals surface area (Å²) in [4.78, 5) is 14.7. The lowest BCUT2D eigenvalue weighted by Gasteiger charge is -2.48. The zero-order chi connectivity index (χ0) is 27.7. The fraction of sp³-hybridized carbons (Fsp3) is 0.167. The first-order valence-electron chi connectivity index (χ1n) is 12.4. The molecule has 1 aliphatic heterocycles. The molecule has 3 N–H and O–H groups in total. The molecular weight excluding hydrogens is 521 g/mol. The highest BCUT2D eigenvalue weighted by Crippen LogP contribution is 2.49. The van der Waals surface area contributed by atoms with Crippen LogP contribution < -0.4 is 4.90 Å². The number of phenolic OH excluding ortho intramolecular Hbond substituents is 1. The molecule has 4 aromatic rings. The number of hydrogen-bond donors (Lipinski definition) is 3. The maximum atomic E-state index is 14.2. The van der Waals surface area contributed by atoms with Crippen molar-refractivity contribution in [3.05, 3.63) is 114 Å². The van der Waals surface area contributed by atoms with Crippen molar-refractivity contribution in [1.29, 1.82) is 0 Å². The summed E-state index contributed by atoms with van der Waals surface area (Å²) in [5.74, 6) is -1.26. The highest BCUT2D eigenvalue weighted by Gasteiger charge is 2.49. The van der Waals surface area contributed by atoms with Gasteiger partial charge < -0.3 is 15.1 Å². The van der Waals surface area contributed by atoms with E-state index in [1.165, 1.54) is 42.5 Å². The first-order valence-corrected chi connectivity index (χ1v) is 13.8. The quantitative estimate of drug-likeness (QED) is 0.194. The second-order valence-electron chi connectivity index (χ2n) is 9.48. The van der Waals surface area contributed by atoms with Crippen molar-refractivity contribution in [1.82, 2.24) is 0 Å². The summed E-state index contributed by atoms with van der Waals surface area (Å²) >= 11 is 0. The van der Waals surface area contributed by atoms with Gasteiger partial charge in [-0.05, 0) is 60.4 Å². The summed E-state index contributed by atoms with van der Waals surface area (Å²) < 4.78 is 46.1. The van der Waals surface area contributed by atoms with Crippen molar-refractivity contribution in [3.8, 4) is 16.9 Å². The van der Waals surface area contributed by atoms with Gasteiger partial charge >= 0.3 is 0 Å². The fourth-order valence-electron chi connectivity index (χ4n) is 5.09. The van der Waals surface area contributed by atoms with Crippen molar-refractivity contribution in [3.63, 3.8) is 0 Å². The molecule has 0 bridgehead atoms. The molecule has 1 aliphatic rings. The fourth-order valence-corrected chi connectivity index (χ4v) is 5.57. The van der Waals surface area contributed by atoms with E-state index in [1.54, 1.807) is 41.3 Å². The van der Waals surface area contributed by atoms with E-state index >= 15 is 0 Å². The SMILES string of the molecule is O=C1[C@H](CC[C@H](O)c2ccccc2F)[C@@H](c2ccc(-c3ccc(S(=O)(=O)O)cc3)cc2O)N1c1ccccc1. The van der Waals surface area contributed by atoms with Gasteiger partial charge in [0.05, 0.1) is 23.0 Å². The number of rotatable bonds is 8. The first kappa shape index (κ1) is 26.6. The molecule has 1 fully saturated rings. The number of carbonyl (C=O) groups excluding carboxylic acids is 1. The Balaban J connectivity index is 1.43. The monoisotopic (exact) mass is 547 g/mol. The number of nitrogens with zero attached hydrogens (tertiary/aromatic N) is 1. The minimum absolute atomic E-state index is 0.0514. The lowest BCUT2D eigenvalue weighted by molar-refractivity contribution is -0.131. The van der Waals surface area contributed by atoms with Crippen LogP contribution in [0.4, 0.5) is 10.1 Å². The van der Waals surface area contributed by atoms with E-state index in [9.17, 15) is 32.4 Å². The average Bonchev–Trinajstić information content (AvgIpc) is 2.92. The van der Waals surface area contributed by atoms with E-state index < -0.39 is 34.0 Å². The van der Waals surface area contributed by atoms with E-state index in [1.807, 2.05) is 18.2 Å². The Morgan fingerprint density at radius 1 is 0.872 bits per heavy atom. The summed E-state index contributed by atoms with van der Waals surface area (Å²) in [6.07, 6.45) is -0.636. The Morgan fingerprint density at radius 3 is 2.15 bits per heavy atom. The summed E-state index contributed by atoms with van der Waals surface area (Å²) in [5.41, 5.74) is 2.60. The molecule has 9 heteroatoms. The van der Waals surface area contributed by atoms with Crippen molar-refractivity contribution in [2.24, 2.45) is 5.92 Å². The van der Waals surface area contributed by atoms with E-state index in [-0.39, 0.29) is 35.0 Å². The summed E-state index contributed by atoms with van der Waals surface area (Å²) in [6, 6.07) is 25.1. The number of hydrogen-bond acceptors (Lipinski definition) is 5. The molecule has 0 unspecified atom stereocenters. The molecule has 39 heavy (non-hydrogen) atoms. The molecule has 200 valence electrons. The first-order chi connectivity index (χ1) is 18.6. The van der Waals surface area contributed by atoms with Crippen LogP contribution in [0, 0.1) is 11.7 Å². The lowest BCUT2D eigenvalue weighted by atomic mass is 9.77. The standard InChI is InChI=1S/C30H26FNO6S/c31-26-9-5-4-8-23(26)27(33)17-16-25-29(32(30(25)35)21-6-2-1-3-7-21)24-15-12-20(18-28(24)34)19-10-13-22(14-11-19)39(36,37)38/h1-15,18,25,27,29,33-34H,16-17H2,(H,36,37,38)/t25-,27+,29-/m1/s1. The molecule has 0 saturated carbocycles. The van der Waals surface area contributed by atoms with Gasteiger partial charge in [-0.25, -0.2) is 4.39 Å². The molecule has 7 nitrogen and oxygen atoms in total. The number of aliphatic hydroxyl groups is 1. The van der Waals surface area contributed by atoms with E-state index in [0.717, 1.165) is 0 Å². The average molecular weight is 548 g/mol. The Kier molecular flexibility index (Phi) is 7.22. The predicted molar refractivity (Wildman–Crippen MR) is 144 cm³/mol. The van der Waals surface area contributed by atoms with Crippen molar-refractivity contribution >= 4 is 21.7 Å². The smallest absolute Gasteiger partial charge is 0.294 e. The van der Waals surface area contributed by atoms with Crippen LogP contribution in [0.5, 0.6) is 5.75 Å². The largest absolute Gasteiger partial charge is 0.508 e. The number of para-hydroxylation sites is 1. The number of anilines is 1. The third-order valence-electron chi connectivity index (χ3n) is 7.10. The normalized spacial score (nSPS) is 18.0. The number of amides is 1. The van der Waals surface area contributed by atoms with Gasteiger partial charge in [0, 0.05) is 16.8 Å². The topological polar surface area (TPSA) is 115 Å². The molecule has 3 atom stereocenters. The highest BCUT2D eigenvalue weighted by atomic mass is 32.2. The maximum Gasteiger partial charge on any atom is 0.294 e. The Bertz CT molecular complexity index is 1610. The molecule has 0 aromatic heterocycles. The number of carbonyl (C=O) groups is 1. The summed E-state index contributed by atoms with van der Waals surface area (Å²) in [7, 11) is -4.32. The summed E-state index contributed by atoms with van der Waals surface area (Å²) in [5, 5.41) is 21.7. The van der Waals surface area contributed by atoms with E-state index in [4.69, 9.17) is 0 Å². The van der Waals surface area contributed by atoms with Gasteiger partial charge in [0.1, 0.15) is 11.6 Å². The highest BCUT2D eigenvalue weighted by molar-refractivity contribution is 7.85. The zero-order valence-electron chi connectivity index (χ0n) is 20.7. The van der Waals surface area contributed by atoms with Crippen molar-refractivity contribution in [2.75, 3.05) is 4.90 Å². The molecule has 0 radical (unpaired) electrons. The number of aliphatic hydroxyl groups excluding tert-OH is 1. The van der Waals surface area contributed by atoms with Gasteiger partial charge in [0.15, 0.2) is 0 Å². The van der Waals surface area contributed by atoms with Gasteiger partial charge in [-0.3, -0.25) is 9.35 Å². The van der Waals surface area contributed by atoms with Crippen LogP contribution in [0.25, 0.3) is 11.1 Å². The maximum absolute atomic E-state index is 14.2. The van der Waals surface area contributed by atoms with Crippen molar-refractivity contribution < 1.29 is 32.4 Å². The summed E-state index contributed by atoms with van der Waals surface area (Å²) in [6.45, 7) is 0. The number of aromatic hydroxyl groups is 1. The van der Waals surface area contributed by atoms with Crippen LogP contribution in [0.3, 0.4) is 0 Å². The van der Waals surface area contributed by atoms with Gasteiger partial charge in [-0.15, -0.1) is 0 Å². The van der Waals surface area contributed by atoms with Gasteiger partial charge in [0.25, 0.3) is 10.1 Å². The molecule has 5 rings (SSSR count). The molecule has 4 aromatic carbocycles. The third-order valence-corrected chi connectivity index (χ3v) is 7.97. The lowest BCUT2D eigenvalue weighted by Crippen LogP contribution is -2.55. The van der Waals surface area contributed by atoms with Gasteiger partial charge in [-0.2, -0.15) is 8.42 Å². The van der Waals surface area contributed by atoms with Crippen LogP contribution in [-0.4, -0.2) is 29.1 Å². The van der Waals surface area contributed by atoms with Crippen LogP contribution in [0.15, 0.2) is 102 Å². The second-order valence-corrected chi connectivity index (χ2v) is 10.9. The van der Waals surface area contributed by atoms with Crippen LogP contribution in [0.2, 0.25) is 0 Å². The molecule has 1 heterocycles. The molecule has 0 aliphatic carbocycles. The number of benzene rings is 4. The Morgan fingerprint density at radius 2 is 1.51 bits per heavy atom. The minimum atomic E-state index is -4.32. The zero-order valence-corrected chi connectivity index (χ0v) is 21.5. The Hall–Kier alpha value is -4.05.